The van der Waals surface area contributed by atoms with Gasteiger partial charge in [0.2, 0.25) is 0 Å². The molecule has 1 saturated carbocycles. The van der Waals surface area contributed by atoms with Crippen molar-refractivity contribution in [2.45, 2.75) is 25.4 Å². The Morgan fingerprint density at radius 1 is 1.47 bits per heavy atom. The van der Waals surface area contributed by atoms with Crippen molar-refractivity contribution in [1.29, 1.82) is 0 Å². The number of benzene rings is 1. The molecule has 4 heteroatoms. The smallest absolute Gasteiger partial charge is 0.119 e. The van der Waals surface area contributed by atoms with E-state index in [1.807, 2.05) is 12.1 Å². The predicted molar refractivity (Wildman–Crippen MR) is 71.2 cm³/mol. The first-order chi connectivity index (χ1) is 8.24. The van der Waals surface area contributed by atoms with Gasteiger partial charge in [-0.05, 0) is 36.6 Å². The van der Waals surface area contributed by atoms with Crippen molar-refractivity contribution >= 4 is 15.9 Å². The Labute approximate surface area is 111 Å². The van der Waals surface area contributed by atoms with Crippen LogP contribution < -0.4 is 4.74 Å². The van der Waals surface area contributed by atoms with E-state index in [1.165, 1.54) is 18.4 Å². The number of halogens is 1. The van der Waals surface area contributed by atoms with E-state index in [0.29, 0.717) is 6.04 Å². The highest BCUT2D eigenvalue weighted by Gasteiger charge is 2.28. The van der Waals surface area contributed by atoms with Gasteiger partial charge >= 0.3 is 0 Å². The molecule has 3 nitrogen and oxygen atoms in total. The minimum Gasteiger partial charge on any atom is -0.497 e. The van der Waals surface area contributed by atoms with Crippen LogP contribution >= 0.6 is 15.9 Å². The van der Waals surface area contributed by atoms with Gasteiger partial charge in [-0.15, -0.1) is 0 Å². The monoisotopic (exact) mass is 299 g/mol. The number of aliphatic hydroxyl groups excluding tert-OH is 1. The third kappa shape index (κ3) is 3.44. The molecule has 1 N–H and O–H groups in total. The van der Waals surface area contributed by atoms with Crippen LogP contribution in [0.15, 0.2) is 22.7 Å². The molecule has 0 saturated heterocycles. The van der Waals surface area contributed by atoms with E-state index < -0.39 is 0 Å². The third-order valence-electron chi connectivity index (χ3n) is 3.08. The van der Waals surface area contributed by atoms with Crippen molar-refractivity contribution in [2.24, 2.45) is 0 Å². The van der Waals surface area contributed by atoms with Gasteiger partial charge in [-0.25, -0.2) is 0 Å². The zero-order valence-electron chi connectivity index (χ0n) is 10.0. The summed E-state index contributed by atoms with van der Waals surface area (Å²) in [5.74, 6) is 0.878. The Balaban J connectivity index is 2.09. The van der Waals surface area contributed by atoms with Crippen LogP contribution in [0.25, 0.3) is 0 Å². The number of nitrogens with zero attached hydrogens (tertiary/aromatic N) is 1. The van der Waals surface area contributed by atoms with Crippen LogP contribution in [0.4, 0.5) is 0 Å². The maximum Gasteiger partial charge on any atom is 0.119 e. The quantitative estimate of drug-likeness (QED) is 0.876. The Morgan fingerprint density at radius 2 is 2.24 bits per heavy atom. The third-order valence-corrected chi connectivity index (χ3v) is 3.85. The van der Waals surface area contributed by atoms with Crippen molar-refractivity contribution in [3.05, 3.63) is 28.2 Å². The van der Waals surface area contributed by atoms with E-state index in [9.17, 15) is 0 Å². The number of rotatable bonds is 6. The summed E-state index contributed by atoms with van der Waals surface area (Å²) in [4.78, 5) is 2.33. The Kier molecular flexibility index (Phi) is 4.42. The van der Waals surface area contributed by atoms with Gasteiger partial charge in [-0.2, -0.15) is 0 Å². The predicted octanol–water partition coefficient (Wildman–Crippen LogP) is 2.41. The summed E-state index contributed by atoms with van der Waals surface area (Å²) in [5.41, 5.74) is 1.21. The second-order valence-electron chi connectivity index (χ2n) is 4.38. The van der Waals surface area contributed by atoms with Gasteiger partial charge in [0.05, 0.1) is 13.7 Å². The first-order valence-corrected chi connectivity index (χ1v) is 6.71. The van der Waals surface area contributed by atoms with Gasteiger partial charge in [-0.1, -0.05) is 15.9 Å². The Bertz CT molecular complexity index is 380. The van der Waals surface area contributed by atoms with Crippen LogP contribution in [0, 0.1) is 0 Å². The van der Waals surface area contributed by atoms with Gasteiger partial charge in [0.15, 0.2) is 0 Å². The molecule has 2 rings (SSSR count). The van der Waals surface area contributed by atoms with Crippen LogP contribution in [0.1, 0.15) is 18.4 Å². The molecule has 1 fully saturated rings. The zero-order valence-corrected chi connectivity index (χ0v) is 11.6. The summed E-state index contributed by atoms with van der Waals surface area (Å²) < 4.78 is 6.34. The van der Waals surface area contributed by atoms with Crippen molar-refractivity contribution in [3.8, 4) is 5.75 Å². The molecule has 0 unspecified atom stereocenters. The second-order valence-corrected chi connectivity index (χ2v) is 5.24. The lowest BCUT2D eigenvalue weighted by molar-refractivity contribution is 0.183. The molecule has 0 atom stereocenters. The largest absolute Gasteiger partial charge is 0.497 e. The molecule has 0 heterocycles. The van der Waals surface area contributed by atoms with Gasteiger partial charge < -0.3 is 9.84 Å². The van der Waals surface area contributed by atoms with E-state index >= 15 is 0 Å². The van der Waals surface area contributed by atoms with Crippen LogP contribution in [0.3, 0.4) is 0 Å². The molecule has 94 valence electrons. The Morgan fingerprint density at radius 3 is 2.82 bits per heavy atom. The number of hydrogen-bond acceptors (Lipinski definition) is 3. The summed E-state index contributed by atoms with van der Waals surface area (Å²) in [7, 11) is 1.68. The van der Waals surface area contributed by atoms with Gasteiger partial charge in [0.1, 0.15) is 5.75 Å². The number of methoxy groups -OCH3 is 1. The lowest BCUT2D eigenvalue weighted by atomic mass is 10.2. The highest BCUT2D eigenvalue weighted by atomic mass is 79.9. The maximum atomic E-state index is 9.08. The molecule has 0 amide bonds. The number of ether oxygens (including phenoxy) is 1. The van der Waals surface area contributed by atoms with Crippen LogP contribution in [-0.2, 0) is 6.54 Å². The minimum absolute atomic E-state index is 0.220. The van der Waals surface area contributed by atoms with Gasteiger partial charge in [0, 0.05) is 23.6 Å². The lowest BCUT2D eigenvalue weighted by Crippen LogP contribution is -2.28. The zero-order chi connectivity index (χ0) is 12.3. The normalized spacial score (nSPS) is 15.3. The van der Waals surface area contributed by atoms with Crippen molar-refractivity contribution in [3.63, 3.8) is 0 Å². The standard InChI is InChI=1S/C13H18BrNO2/c1-17-12-4-5-13(14)10(8-12)9-15(6-7-16)11-2-3-11/h4-5,8,11,16H,2-3,6-7,9H2,1H3. The molecule has 0 spiro atoms. The van der Waals surface area contributed by atoms with Crippen molar-refractivity contribution < 1.29 is 9.84 Å². The highest BCUT2D eigenvalue weighted by molar-refractivity contribution is 9.10. The average molecular weight is 300 g/mol. The van der Waals surface area contributed by atoms with E-state index in [0.717, 1.165) is 23.3 Å². The summed E-state index contributed by atoms with van der Waals surface area (Å²) in [6.45, 7) is 1.83. The number of hydrogen-bond donors (Lipinski definition) is 1. The second kappa shape index (κ2) is 5.85. The summed E-state index contributed by atoms with van der Waals surface area (Å²) in [5, 5.41) is 9.08. The lowest BCUT2D eigenvalue weighted by Gasteiger charge is -2.21. The molecular weight excluding hydrogens is 282 g/mol. The SMILES string of the molecule is COc1ccc(Br)c(CN(CCO)C2CC2)c1. The molecule has 1 aromatic rings. The van der Waals surface area contributed by atoms with Gasteiger partial charge in [-0.3, -0.25) is 4.90 Å². The summed E-state index contributed by atoms with van der Waals surface area (Å²) in [6.07, 6.45) is 2.50. The van der Waals surface area contributed by atoms with E-state index in [-0.39, 0.29) is 6.61 Å². The average Bonchev–Trinajstić information content (AvgIpc) is 3.15. The molecule has 1 aliphatic rings. The molecule has 1 aromatic carbocycles. The fraction of sp³-hybridized carbons (Fsp3) is 0.538. The fourth-order valence-corrected chi connectivity index (χ4v) is 2.35. The molecule has 0 bridgehead atoms. The highest BCUT2D eigenvalue weighted by Crippen LogP contribution is 2.30. The van der Waals surface area contributed by atoms with E-state index in [1.54, 1.807) is 7.11 Å². The van der Waals surface area contributed by atoms with E-state index in [4.69, 9.17) is 9.84 Å². The maximum absolute atomic E-state index is 9.08. The fourth-order valence-electron chi connectivity index (χ4n) is 1.98. The molecular formula is C13H18BrNO2. The number of aliphatic hydroxyl groups is 1. The van der Waals surface area contributed by atoms with Crippen molar-refractivity contribution in [2.75, 3.05) is 20.3 Å². The summed E-state index contributed by atoms with van der Waals surface area (Å²) >= 11 is 3.56. The minimum atomic E-state index is 0.220. The first kappa shape index (κ1) is 12.9. The molecule has 17 heavy (non-hydrogen) atoms. The molecule has 1 aliphatic carbocycles. The van der Waals surface area contributed by atoms with Crippen LogP contribution in [0.5, 0.6) is 5.75 Å². The topological polar surface area (TPSA) is 32.7 Å². The molecule has 0 aromatic heterocycles. The molecule has 0 aliphatic heterocycles. The first-order valence-electron chi connectivity index (χ1n) is 5.92. The van der Waals surface area contributed by atoms with Crippen molar-refractivity contribution in [1.82, 2.24) is 4.90 Å². The molecule has 0 radical (unpaired) electrons. The van der Waals surface area contributed by atoms with Gasteiger partial charge in [0.25, 0.3) is 0 Å². The van der Waals surface area contributed by atoms with E-state index in [2.05, 4.69) is 26.9 Å². The summed E-state index contributed by atoms with van der Waals surface area (Å²) in [6, 6.07) is 6.66. The van der Waals surface area contributed by atoms with Crippen LogP contribution in [0.2, 0.25) is 0 Å². The van der Waals surface area contributed by atoms with Crippen LogP contribution in [-0.4, -0.2) is 36.3 Å². The Hall–Kier alpha value is -0.580.